The number of hydrogen-bond donors (Lipinski definition) is 3. The number of rotatable bonds is 6. The summed E-state index contributed by atoms with van der Waals surface area (Å²) in [5.41, 5.74) is 9.20. The van der Waals surface area contributed by atoms with Crippen LogP contribution in [-0.4, -0.2) is 54.2 Å². The van der Waals surface area contributed by atoms with E-state index < -0.39 is 6.04 Å². The lowest BCUT2D eigenvalue weighted by molar-refractivity contribution is 0.0827. The van der Waals surface area contributed by atoms with Gasteiger partial charge in [0.05, 0.1) is 17.3 Å². The van der Waals surface area contributed by atoms with Crippen molar-refractivity contribution < 1.29 is 9.90 Å². The van der Waals surface area contributed by atoms with E-state index in [4.69, 9.17) is 10.8 Å². The first-order valence-corrected chi connectivity index (χ1v) is 12.2. The standard InChI is InChI=1S/C28H28N8O3/c1-16-10-11-35-23(16)28(39)36(20-8-6-5-7-9-20)26(33-35)17(2)32-25-22(24(29)30-15-31-25)18-12-19(14-21(37)13-18)27(38)34(3)4/h5-15,17,37H,1-4H3,(H3,29,30,31,32). The molecule has 5 rings (SSSR count). The summed E-state index contributed by atoms with van der Waals surface area (Å²) in [6.45, 7) is 3.73. The Morgan fingerprint density at radius 3 is 2.56 bits per heavy atom. The average Bonchev–Trinajstić information content (AvgIpc) is 3.29. The van der Waals surface area contributed by atoms with E-state index in [9.17, 15) is 14.7 Å². The maximum atomic E-state index is 13.7. The summed E-state index contributed by atoms with van der Waals surface area (Å²) in [5.74, 6) is 0.557. The second kappa shape index (κ2) is 9.93. The van der Waals surface area contributed by atoms with Crippen LogP contribution in [0.4, 0.5) is 11.6 Å². The third-order valence-electron chi connectivity index (χ3n) is 6.40. The van der Waals surface area contributed by atoms with Gasteiger partial charge in [-0.1, -0.05) is 18.2 Å². The van der Waals surface area contributed by atoms with E-state index >= 15 is 0 Å². The van der Waals surface area contributed by atoms with Crippen molar-refractivity contribution in [2.24, 2.45) is 0 Å². The van der Waals surface area contributed by atoms with Gasteiger partial charge in [0.25, 0.3) is 11.5 Å². The van der Waals surface area contributed by atoms with E-state index in [2.05, 4.69) is 15.3 Å². The minimum atomic E-state index is -0.529. The number of aromatic hydroxyl groups is 1. The molecule has 0 spiro atoms. The molecule has 0 fully saturated rings. The Kier molecular flexibility index (Phi) is 6.48. The van der Waals surface area contributed by atoms with Gasteiger partial charge in [-0.2, -0.15) is 5.10 Å². The zero-order valence-electron chi connectivity index (χ0n) is 22.0. The maximum Gasteiger partial charge on any atom is 0.282 e. The second-order valence-corrected chi connectivity index (χ2v) is 9.44. The Bertz CT molecular complexity index is 1760. The molecule has 5 aromatic rings. The molecule has 1 amide bonds. The van der Waals surface area contributed by atoms with Crippen LogP contribution in [0.1, 0.15) is 34.7 Å². The van der Waals surface area contributed by atoms with Crippen molar-refractivity contribution in [1.82, 2.24) is 29.0 Å². The Hall–Kier alpha value is -5.19. The molecule has 0 aliphatic carbocycles. The van der Waals surface area contributed by atoms with Crippen molar-refractivity contribution in [3.8, 4) is 22.6 Å². The molecule has 11 heteroatoms. The number of anilines is 2. The Balaban J connectivity index is 1.64. The normalized spacial score (nSPS) is 11.9. The monoisotopic (exact) mass is 524 g/mol. The zero-order chi connectivity index (χ0) is 27.8. The van der Waals surface area contributed by atoms with Gasteiger partial charge in [-0.15, -0.1) is 0 Å². The molecule has 0 aliphatic rings. The van der Waals surface area contributed by atoms with Gasteiger partial charge < -0.3 is 21.1 Å². The fourth-order valence-corrected chi connectivity index (χ4v) is 4.54. The molecule has 0 aliphatic heterocycles. The van der Waals surface area contributed by atoms with Crippen LogP contribution < -0.4 is 16.6 Å². The summed E-state index contributed by atoms with van der Waals surface area (Å²) in [7, 11) is 3.26. The van der Waals surface area contributed by atoms with Crippen LogP contribution in [0.15, 0.2) is 71.9 Å². The van der Waals surface area contributed by atoms with Gasteiger partial charge in [0.15, 0.2) is 5.82 Å². The van der Waals surface area contributed by atoms with Crippen molar-refractivity contribution in [2.75, 3.05) is 25.1 Å². The smallest absolute Gasteiger partial charge is 0.282 e. The van der Waals surface area contributed by atoms with Crippen molar-refractivity contribution in [3.63, 3.8) is 0 Å². The van der Waals surface area contributed by atoms with Crippen molar-refractivity contribution in [3.05, 3.63) is 94.4 Å². The van der Waals surface area contributed by atoms with Gasteiger partial charge in [0.2, 0.25) is 0 Å². The molecule has 4 N–H and O–H groups in total. The van der Waals surface area contributed by atoms with E-state index in [-0.39, 0.29) is 28.6 Å². The highest BCUT2D eigenvalue weighted by Gasteiger charge is 2.23. The number of para-hydroxylation sites is 1. The number of carbonyl (C=O) groups is 1. The number of carbonyl (C=O) groups excluding carboxylic acids is 1. The van der Waals surface area contributed by atoms with Gasteiger partial charge in [0.1, 0.15) is 29.2 Å². The third kappa shape index (κ3) is 4.65. The van der Waals surface area contributed by atoms with E-state index in [0.29, 0.717) is 34.0 Å². The average molecular weight is 525 g/mol. The van der Waals surface area contributed by atoms with Crippen LogP contribution in [0.2, 0.25) is 0 Å². The number of nitrogens with two attached hydrogens (primary N) is 1. The molecule has 1 unspecified atom stereocenters. The lowest BCUT2D eigenvalue weighted by atomic mass is 10.0. The first-order valence-electron chi connectivity index (χ1n) is 12.2. The largest absolute Gasteiger partial charge is 0.508 e. The highest BCUT2D eigenvalue weighted by Crippen LogP contribution is 2.35. The van der Waals surface area contributed by atoms with Gasteiger partial charge in [-0.05, 0) is 61.4 Å². The van der Waals surface area contributed by atoms with Crippen molar-refractivity contribution in [2.45, 2.75) is 19.9 Å². The van der Waals surface area contributed by atoms with Crippen LogP contribution in [0.3, 0.4) is 0 Å². The summed E-state index contributed by atoms with van der Waals surface area (Å²) in [6.07, 6.45) is 3.07. The third-order valence-corrected chi connectivity index (χ3v) is 6.40. The first-order chi connectivity index (χ1) is 18.7. The molecule has 0 bridgehead atoms. The highest BCUT2D eigenvalue weighted by molar-refractivity contribution is 5.97. The molecule has 0 saturated heterocycles. The minimum absolute atomic E-state index is 0.104. The summed E-state index contributed by atoms with van der Waals surface area (Å²) >= 11 is 0. The fraction of sp³-hybridized carbons (Fsp3) is 0.179. The first kappa shape index (κ1) is 25.5. The van der Waals surface area contributed by atoms with Gasteiger partial charge in [0, 0.05) is 25.9 Å². The minimum Gasteiger partial charge on any atom is -0.508 e. The number of phenolic OH excluding ortho intramolecular Hbond substituents is 1. The molecule has 3 heterocycles. The SMILES string of the molecule is Cc1ccn2nc(C(C)Nc3ncnc(N)c3-c3cc(O)cc(C(=O)N(C)C)c3)n(-c3ccccc3)c(=O)c12. The molecule has 0 radical (unpaired) electrons. The number of amides is 1. The number of hydrogen-bond acceptors (Lipinski definition) is 8. The fourth-order valence-electron chi connectivity index (χ4n) is 4.54. The molecular weight excluding hydrogens is 496 g/mol. The van der Waals surface area contributed by atoms with E-state index in [0.717, 1.165) is 5.56 Å². The number of aryl methyl sites for hydroxylation is 1. The van der Waals surface area contributed by atoms with Crippen molar-refractivity contribution >= 4 is 23.1 Å². The molecule has 0 saturated carbocycles. The van der Waals surface area contributed by atoms with Crippen molar-refractivity contribution in [1.29, 1.82) is 0 Å². The molecule has 11 nitrogen and oxygen atoms in total. The number of fused-ring (bicyclic) bond motifs is 1. The number of nitrogen functional groups attached to an aromatic ring is 1. The van der Waals surface area contributed by atoms with Gasteiger partial charge >= 0.3 is 0 Å². The molecule has 198 valence electrons. The predicted octanol–water partition coefficient (Wildman–Crippen LogP) is 3.41. The number of aromatic nitrogens is 5. The number of benzene rings is 2. The zero-order valence-corrected chi connectivity index (χ0v) is 22.0. The molecule has 3 aromatic heterocycles. The summed E-state index contributed by atoms with van der Waals surface area (Å²) < 4.78 is 3.15. The van der Waals surface area contributed by atoms with E-state index in [1.165, 1.54) is 23.4 Å². The predicted molar refractivity (Wildman–Crippen MR) is 149 cm³/mol. The number of phenols is 1. The lowest BCUT2D eigenvalue weighted by Crippen LogP contribution is -2.29. The maximum absolute atomic E-state index is 13.7. The Morgan fingerprint density at radius 1 is 1.10 bits per heavy atom. The molecule has 39 heavy (non-hydrogen) atoms. The quantitative estimate of drug-likeness (QED) is 0.307. The summed E-state index contributed by atoms with van der Waals surface area (Å²) in [5, 5.41) is 18.5. The van der Waals surface area contributed by atoms with Crippen LogP contribution in [-0.2, 0) is 0 Å². The number of nitrogens with zero attached hydrogens (tertiary/aromatic N) is 6. The second-order valence-electron chi connectivity index (χ2n) is 9.44. The summed E-state index contributed by atoms with van der Waals surface area (Å²) in [4.78, 5) is 36.3. The van der Waals surface area contributed by atoms with E-state index in [1.807, 2.05) is 50.2 Å². The highest BCUT2D eigenvalue weighted by atomic mass is 16.3. The molecule has 1 atom stereocenters. The van der Waals surface area contributed by atoms with Crippen LogP contribution >= 0.6 is 0 Å². The van der Waals surface area contributed by atoms with Crippen LogP contribution in [0, 0.1) is 6.92 Å². The molecule has 2 aromatic carbocycles. The van der Waals surface area contributed by atoms with E-state index in [1.54, 1.807) is 35.4 Å². The lowest BCUT2D eigenvalue weighted by Gasteiger charge is -2.21. The topological polar surface area (TPSA) is 144 Å². The van der Waals surface area contributed by atoms with Crippen LogP contribution in [0.5, 0.6) is 5.75 Å². The van der Waals surface area contributed by atoms with Gasteiger partial charge in [-0.3, -0.25) is 14.2 Å². The number of nitrogens with one attached hydrogen (secondary N) is 1. The summed E-state index contributed by atoms with van der Waals surface area (Å²) in [6, 6.07) is 15.1. The van der Waals surface area contributed by atoms with Crippen LogP contribution in [0.25, 0.3) is 22.3 Å². The Morgan fingerprint density at radius 2 is 1.85 bits per heavy atom. The van der Waals surface area contributed by atoms with Gasteiger partial charge in [-0.25, -0.2) is 14.5 Å². The molecular formula is C28H28N8O3. The Labute approximate surface area is 224 Å².